The molecular weight excluding hydrogens is 144 g/mol. The molecule has 0 saturated carbocycles. The van der Waals surface area contributed by atoms with Crippen molar-refractivity contribution in [1.82, 2.24) is 10.6 Å². The number of hydrogen-bond donors (Lipinski definition) is 4. The highest BCUT2D eigenvalue weighted by Gasteiger charge is 1.99. The highest BCUT2D eigenvalue weighted by Crippen LogP contribution is 1.77. The quantitative estimate of drug-likeness (QED) is 0.345. The van der Waals surface area contributed by atoms with Crippen molar-refractivity contribution in [1.29, 1.82) is 0 Å². The summed E-state index contributed by atoms with van der Waals surface area (Å²) in [7, 11) is 1.80. The van der Waals surface area contributed by atoms with E-state index in [1.165, 1.54) is 0 Å². The zero-order valence-electron chi connectivity index (χ0n) is 7.01. The van der Waals surface area contributed by atoms with Gasteiger partial charge in [-0.2, -0.15) is 0 Å². The summed E-state index contributed by atoms with van der Waals surface area (Å²) < 4.78 is 0. The Morgan fingerprint density at radius 1 is 1.36 bits per heavy atom. The van der Waals surface area contributed by atoms with Crippen molar-refractivity contribution < 1.29 is 10.2 Å². The van der Waals surface area contributed by atoms with Gasteiger partial charge in [-0.15, -0.1) is 0 Å². The first-order valence-corrected chi connectivity index (χ1v) is 3.95. The molecule has 4 N–H and O–H groups in total. The van der Waals surface area contributed by atoms with Crippen molar-refractivity contribution >= 4 is 0 Å². The van der Waals surface area contributed by atoms with E-state index in [2.05, 4.69) is 10.6 Å². The molecule has 0 amide bonds. The largest absolute Gasteiger partial charge is 0.396 e. The molecule has 0 rings (SSSR count). The third-order valence-corrected chi connectivity index (χ3v) is 1.33. The molecule has 11 heavy (non-hydrogen) atoms. The van der Waals surface area contributed by atoms with Crippen molar-refractivity contribution in [2.45, 2.75) is 12.5 Å². The Morgan fingerprint density at radius 3 is 2.64 bits per heavy atom. The summed E-state index contributed by atoms with van der Waals surface area (Å²) in [6, 6.07) is 0. The van der Waals surface area contributed by atoms with Gasteiger partial charge in [0.2, 0.25) is 0 Å². The van der Waals surface area contributed by atoms with E-state index in [0.29, 0.717) is 13.1 Å². The van der Waals surface area contributed by atoms with E-state index in [1.807, 2.05) is 0 Å². The summed E-state index contributed by atoms with van der Waals surface area (Å²) in [4.78, 5) is 0. The van der Waals surface area contributed by atoms with Crippen molar-refractivity contribution in [3.8, 4) is 0 Å². The molecule has 0 aliphatic rings. The first kappa shape index (κ1) is 10.8. The average molecular weight is 162 g/mol. The van der Waals surface area contributed by atoms with Crippen molar-refractivity contribution in [2.24, 2.45) is 0 Å². The lowest BCUT2D eigenvalue weighted by Crippen LogP contribution is -2.34. The summed E-state index contributed by atoms with van der Waals surface area (Å²) in [5, 5.41) is 23.5. The highest BCUT2D eigenvalue weighted by atomic mass is 16.3. The molecule has 0 heterocycles. The lowest BCUT2D eigenvalue weighted by atomic mass is 10.3. The number of aliphatic hydroxyl groups excluding tert-OH is 2. The van der Waals surface area contributed by atoms with Gasteiger partial charge in [0.15, 0.2) is 0 Å². The molecule has 4 nitrogen and oxygen atoms in total. The van der Waals surface area contributed by atoms with Gasteiger partial charge < -0.3 is 20.8 Å². The second-order valence-electron chi connectivity index (χ2n) is 2.49. The average Bonchev–Trinajstić information content (AvgIpc) is 1.99. The van der Waals surface area contributed by atoms with E-state index >= 15 is 0 Å². The third kappa shape index (κ3) is 7.74. The minimum atomic E-state index is -0.335. The second kappa shape index (κ2) is 7.94. The summed E-state index contributed by atoms with van der Waals surface area (Å²) in [5.74, 6) is 0. The summed E-state index contributed by atoms with van der Waals surface area (Å²) in [5.41, 5.74) is 0. The maximum Gasteiger partial charge on any atom is 0.0788 e. The normalized spacial score (nSPS) is 13.4. The molecule has 0 radical (unpaired) electrons. The van der Waals surface area contributed by atoms with E-state index in [0.717, 1.165) is 13.0 Å². The topological polar surface area (TPSA) is 64.5 Å². The molecule has 1 unspecified atom stereocenters. The minimum Gasteiger partial charge on any atom is -0.396 e. The lowest BCUT2D eigenvalue weighted by molar-refractivity contribution is 0.170. The van der Waals surface area contributed by atoms with E-state index in [-0.39, 0.29) is 12.7 Å². The molecule has 0 aromatic carbocycles. The van der Waals surface area contributed by atoms with Crippen LogP contribution in [0.5, 0.6) is 0 Å². The number of rotatable bonds is 7. The van der Waals surface area contributed by atoms with Crippen LogP contribution < -0.4 is 10.6 Å². The SMILES string of the molecule is CNCC(O)CNCCCO. The van der Waals surface area contributed by atoms with Crippen molar-refractivity contribution in [3.05, 3.63) is 0 Å². The smallest absolute Gasteiger partial charge is 0.0788 e. The van der Waals surface area contributed by atoms with Crippen LogP contribution in [0.1, 0.15) is 6.42 Å². The molecule has 0 saturated heterocycles. The first-order chi connectivity index (χ1) is 5.31. The molecule has 0 fully saturated rings. The standard InChI is InChI=1S/C7H18N2O2/c1-8-5-7(11)6-9-3-2-4-10/h7-11H,2-6H2,1H3. The Kier molecular flexibility index (Phi) is 7.83. The van der Waals surface area contributed by atoms with Crippen LogP contribution in [-0.4, -0.2) is 49.6 Å². The first-order valence-electron chi connectivity index (χ1n) is 3.95. The van der Waals surface area contributed by atoms with Crippen molar-refractivity contribution in [2.75, 3.05) is 33.3 Å². The van der Waals surface area contributed by atoms with Crippen LogP contribution in [0.25, 0.3) is 0 Å². The maximum absolute atomic E-state index is 9.16. The van der Waals surface area contributed by atoms with Gasteiger partial charge >= 0.3 is 0 Å². The lowest BCUT2D eigenvalue weighted by Gasteiger charge is -2.10. The van der Waals surface area contributed by atoms with Crippen LogP contribution >= 0.6 is 0 Å². The minimum absolute atomic E-state index is 0.203. The van der Waals surface area contributed by atoms with E-state index < -0.39 is 0 Å². The number of aliphatic hydroxyl groups is 2. The Hall–Kier alpha value is -0.160. The van der Waals surface area contributed by atoms with Gasteiger partial charge in [0.25, 0.3) is 0 Å². The van der Waals surface area contributed by atoms with Gasteiger partial charge in [-0.05, 0) is 20.0 Å². The molecule has 0 aliphatic carbocycles. The zero-order chi connectivity index (χ0) is 8.53. The summed E-state index contributed by atoms with van der Waals surface area (Å²) in [6.45, 7) is 2.15. The fourth-order valence-electron chi connectivity index (χ4n) is 0.781. The van der Waals surface area contributed by atoms with Crippen molar-refractivity contribution in [3.63, 3.8) is 0 Å². The van der Waals surface area contributed by atoms with Crippen LogP contribution in [0.4, 0.5) is 0 Å². The summed E-state index contributed by atoms with van der Waals surface area (Å²) >= 11 is 0. The van der Waals surface area contributed by atoms with Gasteiger partial charge in [-0.25, -0.2) is 0 Å². The number of likely N-dealkylation sites (N-methyl/N-ethyl adjacent to an activating group) is 1. The van der Waals surface area contributed by atoms with Crippen LogP contribution in [0.15, 0.2) is 0 Å². The Bertz CT molecular complexity index is 80.8. The fraction of sp³-hybridized carbons (Fsp3) is 1.00. The van der Waals surface area contributed by atoms with Gasteiger partial charge in [0.05, 0.1) is 6.10 Å². The molecule has 0 aromatic rings. The van der Waals surface area contributed by atoms with Crippen LogP contribution in [0.3, 0.4) is 0 Å². The summed E-state index contributed by atoms with van der Waals surface area (Å²) in [6.07, 6.45) is 0.408. The number of nitrogens with one attached hydrogen (secondary N) is 2. The maximum atomic E-state index is 9.16. The van der Waals surface area contributed by atoms with Crippen LogP contribution in [-0.2, 0) is 0 Å². The third-order valence-electron chi connectivity index (χ3n) is 1.33. The second-order valence-corrected chi connectivity index (χ2v) is 2.49. The predicted molar refractivity (Wildman–Crippen MR) is 44.5 cm³/mol. The van der Waals surface area contributed by atoms with E-state index in [4.69, 9.17) is 10.2 Å². The highest BCUT2D eigenvalue weighted by molar-refractivity contribution is 4.60. The fourth-order valence-corrected chi connectivity index (χ4v) is 0.781. The van der Waals surface area contributed by atoms with E-state index in [1.54, 1.807) is 7.05 Å². The van der Waals surface area contributed by atoms with Gasteiger partial charge in [0.1, 0.15) is 0 Å². The molecule has 0 aromatic heterocycles. The zero-order valence-corrected chi connectivity index (χ0v) is 7.01. The Balaban J connectivity index is 2.97. The molecule has 4 heteroatoms. The molecule has 0 aliphatic heterocycles. The molecule has 1 atom stereocenters. The Labute approximate surface area is 67.6 Å². The van der Waals surface area contributed by atoms with Gasteiger partial charge in [0, 0.05) is 19.7 Å². The van der Waals surface area contributed by atoms with Crippen LogP contribution in [0.2, 0.25) is 0 Å². The molecular formula is C7H18N2O2. The monoisotopic (exact) mass is 162 g/mol. The van der Waals surface area contributed by atoms with E-state index in [9.17, 15) is 0 Å². The predicted octanol–water partition coefficient (Wildman–Crippen LogP) is -1.46. The van der Waals surface area contributed by atoms with Gasteiger partial charge in [-0.3, -0.25) is 0 Å². The molecule has 0 spiro atoms. The van der Waals surface area contributed by atoms with Crippen LogP contribution in [0, 0.1) is 0 Å². The number of hydrogen-bond acceptors (Lipinski definition) is 4. The molecule has 0 bridgehead atoms. The molecule has 68 valence electrons. The van der Waals surface area contributed by atoms with Gasteiger partial charge in [-0.1, -0.05) is 0 Å². The Morgan fingerprint density at radius 2 is 2.09 bits per heavy atom.